The third-order valence-corrected chi connectivity index (χ3v) is 4.66. The lowest BCUT2D eigenvalue weighted by molar-refractivity contribution is -0.950. The molecule has 0 spiro atoms. The first-order chi connectivity index (χ1) is 11.1. The van der Waals surface area contributed by atoms with E-state index in [-0.39, 0.29) is 6.03 Å². The highest BCUT2D eigenvalue weighted by Gasteiger charge is 2.27. The molecule has 1 heterocycles. The molecule has 0 aliphatic carbocycles. The molecule has 1 aromatic rings. The van der Waals surface area contributed by atoms with E-state index in [0.717, 1.165) is 18.0 Å². The Hall–Kier alpha value is -1.75. The van der Waals surface area contributed by atoms with Crippen LogP contribution in [0.1, 0.15) is 40.0 Å². The molecule has 5 heteroatoms. The number of piperidine rings is 1. The summed E-state index contributed by atoms with van der Waals surface area (Å²) in [6.07, 6.45) is 3.91. The summed E-state index contributed by atoms with van der Waals surface area (Å²) >= 11 is 0. The van der Waals surface area contributed by atoms with Gasteiger partial charge in [-0.15, -0.1) is 0 Å². The molecule has 128 valence electrons. The van der Waals surface area contributed by atoms with Gasteiger partial charge in [0.1, 0.15) is 5.75 Å². The number of quaternary nitrogens is 1. The largest absolute Gasteiger partial charge is 0.494 e. The molecular formula is C18H30N3O2+. The van der Waals surface area contributed by atoms with E-state index in [1.165, 1.54) is 19.3 Å². The van der Waals surface area contributed by atoms with Gasteiger partial charge < -0.3 is 20.3 Å². The number of likely N-dealkylation sites (tertiary alicyclic amines) is 1. The van der Waals surface area contributed by atoms with Crippen LogP contribution in [0.5, 0.6) is 5.75 Å². The summed E-state index contributed by atoms with van der Waals surface area (Å²) in [5.41, 5.74) is 0.776. The fraction of sp³-hybridized carbons (Fsp3) is 0.611. The average Bonchev–Trinajstić information content (AvgIpc) is 2.52. The Balaban J connectivity index is 1.72. The van der Waals surface area contributed by atoms with Gasteiger partial charge in [0.2, 0.25) is 0 Å². The van der Waals surface area contributed by atoms with Crippen LogP contribution in [0.3, 0.4) is 0 Å². The van der Waals surface area contributed by atoms with Gasteiger partial charge in [-0.05, 0) is 64.3 Å². The predicted octanol–water partition coefficient (Wildman–Crippen LogP) is 2.05. The molecule has 1 saturated heterocycles. The molecule has 2 amide bonds. The fourth-order valence-electron chi connectivity index (χ4n) is 3.38. The Bertz CT molecular complexity index is 480. The van der Waals surface area contributed by atoms with Crippen LogP contribution >= 0.6 is 0 Å². The second kappa shape index (κ2) is 8.77. The third kappa shape index (κ3) is 5.43. The summed E-state index contributed by atoms with van der Waals surface area (Å²) in [6.45, 7) is 8.90. The van der Waals surface area contributed by atoms with E-state index >= 15 is 0 Å². The van der Waals surface area contributed by atoms with Crippen molar-refractivity contribution < 1.29 is 14.4 Å². The third-order valence-electron chi connectivity index (χ3n) is 4.66. The van der Waals surface area contributed by atoms with Crippen LogP contribution in [-0.2, 0) is 0 Å². The molecule has 1 aliphatic rings. The molecule has 0 radical (unpaired) electrons. The van der Waals surface area contributed by atoms with Crippen LogP contribution in [0.2, 0.25) is 0 Å². The molecule has 2 rings (SSSR count). The van der Waals surface area contributed by atoms with Crippen molar-refractivity contribution in [3.63, 3.8) is 0 Å². The van der Waals surface area contributed by atoms with Crippen LogP contribution in [0, 0.1) is 0 Å². The first kappa shape index (κ1) is 17.6. The van der Waals surface area contributed by atoms with Gasteiger partial charge in [-0.25, -0.2) is 4.79 Å². The Labute approximate surface area is 139 Å². The molecule has 3 N–H and O–H groups in total. The number of rotatable bonds is 6. The first-order valence-electron chi connectivity index (χ1n) is 8.73. The molecule has 0 aromatic heterocycles. The number of benzene rings is 1. The van der Waals surface area contributed by atoms with Crippen LogP contribution in [0.25, 0.3) is 0 Å². The molecule has 23 heavy (non-hydrogen) atoms. The normalized spacial score (nSPS) is 21.7. The number of anilines is 1. The summed E-state index contributed by atoms with van der Waals surface area (Å²) in [6, 6.07) is 8.66. The van der Waals surface area contributed by atoms with E-state index in [4.69, 9.17) is 4.74 Å². The SMILES string of the molecule is CCOc1ccc(NC(=O)NCC[NH+]2[C@@H](C)CCC[C@@H]2C)cc1. The standard InChI is InChI=1S/C18H29N3O2/c1-4-23-17-10-8-16(9-11-17)20-18(22)19-12-13-21-14(2)6-5-7-15(21)3/h8-11,14-15H,4-7,12-13H2,1-3H3,(H2,19,20,22)/p+1/t14-,15-/m0/s1. The van der Waals surface area contributed by atoms with Gasteiger partial charge in [0.25, 0.3) is 0 Å². The molecule has 5 nitrogen and oxygen atoms in total. The lowest BCUT2D eigenvalue weighted by Gasteiger charge is -2.35. The smallest absolute Gasteiger partial charge is 0.319 e. The van der Waals surface area contributed by atoms with E-state index in [1.807, 2.05) is 31.2 Å². The van der Waals surface area contributed by atoms with E-state index < -0.39 is 0 Å². The Kier molecular flexibility index (Phi) is 6.71. The van der Waals surface area contributed by atoms with Gasteiger partial charge in [-0.2, -0.15) is 0 Å². The number of nitrogens with one attached hydrogen (secondary N) is 3. The minimum atomic E-state index is -0.147. The summed E-state index contributed by atoms with van der Waals surface area (Å²) in [5.74, 6) is 0.815. The second-order valence-corrected chi connectivity index (χ2v) is 6.40. The monoisotopic (exact) mass is 320 g/mol. The molecule has 0 bridgehead atoms. The van der Waals surface area contributed by atoms with Gasteiger partial charge in [0.05, 0.1) is 31.8 Å². The number of urea groups is 1. The summed E-state index contributed by atoms with van der Waals surface area (Å²) in [7, 11) is 0. The molecule has 0 saturated carbocycles. The number of ether oxygens (including phenoxy) is 1. The number of amides is 2. The van der Waals surface area contributed by atoms with Crippen molar-refractivity contribution >= 4 is 11.7 Å². The van der Waals surface area contributed by atoms with E-state index in [1.54, 1.807) is 4.90 Å². The second-order valence-electron chi connectivity index (χ2n) is 6.40. The predicted molar refractivity (Wildman–Crippen MR) is 93.2 cm³/mol. The average molecular weight is 320 g/mol. The summed E-state index contributed by atoms with van der Waals surface area (Å²) in [5, 5.41) is 5.81. The van der Waals surface area contributed by atoms with Crippen molar-refractivity contribution in [2.24, 2.45) is 0 Å². The minimum absolute atomic E-state index is 0.147. The van der Waals surface area contributed by atoms with Crippen LogP contribution in [0.4, 0.5) is 10.5 Å². The quantitative estimate of drug-likeness (QED) is 0.751. The van der Waals surface area contributed by atoms with Gasteiger partial charge in [-0.1, -0.05) is 0 Å². The lowest BCUT2D eigenvalue weighted by Crippen LogP contribution is -3.19. The number of hydrogen-bond donors (Lipinski definition) is 3. The minimum Gasteiger partial charge on any atom is -0.494 e. The van der Waals surface area contributed by atoms with Crippen molar-refractivity contribution in [2.45, 2.75) is 52.1 Å². The van der Waals surface area contributed by atoms with Crippen molar-refractivity contribution in [3.05, 3.63) is 24.3 Å². The zero-order valence-electron chi connectivity index (χ0n) is 14.5. The van der Waals surface area contributed by atoms with E-state index in [9.17, 15) is 4.79 Å². The highest BCUT2D eigenvalue weighted by Crippen LogP contribution is 2.15. The zero-order chi connectivity index (χ0) is 16.7. The molecule has 1 aliphatic heterocycles. The maximum atomic E-state index is 12.0. The Morgan fingerprint density at radius 3 is 2.48 bits per heavy atom. The van der Waals surface area contributed by atoms with Crippen molar-refractivity contribution in [2.75, 3.05) is 25.0 Å². The van der Waals surface area contributed by atoms with Crippen molar-refractivity contribution in [1.29, 1.82) is 0 Å². The van der Waals surface area contributed by atoms with Crippen LogP contribution < -0.4 is 20.3 Å². The number of hydrogen-bond acceptors (Lipinski definition) is 2. The first-order valence-corrected chi connectivity index (χ1v) is 8.73. The van der Waals surface area contributed by atoms with Gasteiger partial charge in [-0.3, -0.25) is 0 Å². The lowest BCUT2D eigenvalue weighted by atomic mass is 9.98. The topological polar surface area (TPSA) is 54.8 Å². The van der Waals surface area contributed by atoms with Crippen LogP contribution in [-0.4, -0.2) is 37.8 Å². The van der Waals surface area contributed by atoms with Crippen molar-refractivity contribution in [1.82, 2.24) is 5.32 Å². The summed E-state index contributed by atoms with van der Waals surface area (Å²) < 4.78 is 5.39. The Morgan fingerprint density at radius 2 is 1.87 bits per heavy atom. The van der Waals surface area contributed by atoms with Gasteiger partial charge in [0, 0.05) is 5.69 Å². The highest BCUT2D eigenvalue weighted by atomic mass is 16.5. The van der Waals surface area contributed by atoms with Crippen LogP contribution in [0.15, 0.2) is 24.3 Å². The van der Waals surface area contributed by atoms with E-state index in [0.29, 0.717) is 25.2 Å². The zero-order valence-corrected chi connectivity index (χ0v) is 14.5. The summed E-state index contributed by atoms with van der Waals surface area (Å²) in [4.78, 5) is 13.6. The van der Waals surface area contributed by atoms with Gasteiger partial charge >= 0.3 is 6.03 Å². The molecule has 0 unspecified atom stereocenters. The number of carbonyl (C=O) groups is 1. The molecule has 1 fully saturated rings. The Morgan fingerprint density at radius 1 is 1.22 bits per heavy atom. The molecular weight excluding hydrogens is 290 g/mol. The molecule has 2 atom stereocenters. The maximum absolute atomic E-state index is 12.0. The molecule has 1 aromatic carbocycles. The maximum Gasteiger partial charge on any atom is 0.319 e. The van der Waals surface area contributed by atoms with Crippen molar-refractivity contribution in [3.8, 4) is 5.75 Å². The number of carbonyl (C=O) groups excluding carboxylic acids is 1. The fourth-order valence-corrected chi connectivity index (χ4v) is 3.38. The van der Waals surface area contributed by atoms with E-state index in [2.05, 4.69) is 24.5 Å². The van der Waals surface area contributed by atoms with Gasteiger partial charge in [0.15, 0.2) is 0 Å². The highest BCUT2D eigenvalue weighted by molar-refractivity contribution is 5.89.